The molecule has 3 aliphatic rings. The molecule has 2 heterocycles. The Labute approximate surface area is 230 Å². The average molecular weight is 549 g/mol. The summed E-state index contributed by atoms with van der Waals surface area (Å²) in [6.07, 6.45) is 9.36. The Morgan fingerprint density at radius 2 is 1.79 bits per heavy atom. The van der Waals surface area contributed by atoms with Crippen molar-refractivity contribution in [3.05, 3.63) is 69.8 Å². The zero-order valence-electron chi connectivity index (χ0n) is 22.6. The lowest BCUT2D eigenvalue weighted by molar-refractivity contribution is -0.116. The molecule has 0 radical (unpaired) electrons. The fourth-order valence-corrected chi connectivity index (χ4v) is 6.66. The van der Waals surface area contributed by atoms with Crippen molar-refractivity contribution < 1.29 is 18.0 Å². The van der Waals surface area contributed by atoms with Crippen LogP contribution in [-0.2, 0) is 21.2 Å². The Kier molecular flexibility index (Phi) is 7.75. The van der Waals surface area contributed by atoms with E-state index in [0.717, 1.165) is 64.3 Å². The number of fused-ring (bicyclic) bond motifs is 1. The molecule has 2 amide bonds. The van der Waals surface area contributed by atoms with Crippen molar-refractivity contribution in [1.82, 2.24) is 9.21 Å². The molecule has 8 nitrogen and oxygen atoms in total. The fraction of sp³-hybridized carbons (Fsp3) is 0.400. The lowest BCUT2D eigenvalue weighted by Gasteiger charge is -2.24. The van der Waals surface area contributed by atoms with Crippen LogP contribution in [0.5, 0.6) is 0 Å². The smallest absolute Gasteiger partial charge is 0.249 e. The number of hydrogen-bond acceptors (Lipinski definition) is 5. The predicted octanol–water partition coefficient (Wildman–Crippen LogP) is 3.72. The van der Waals surface area contributed by atoms with Gasteiger partial charge >= 0.3 is 0 Å². The maximum atomic E-state index is 12.7. The lowest BCUT2D eigenvalue weighted by atomic mass is 9.90. The van der Waals surface area contributed by atoms with E-state index in [4.69, 9.17) is 5.73 Å². The summed E-state index contributed by atoms with van der Waals surface area (Å²) in [5.74, 6) is -0.463. The first-order chi connectivity index (χ1) is 18.6. The average Bonchev–Trinajstić information content (AvgIpc) is 3.58. The van der Waals surface area contributed by atoms with Gasteiger partial charge in [-0.25, -0.2) is 8.42 Å². The maximum Gasteiger partial charge on any atom is 0.249 e. The Balaban J connectivity index is 1.43. The zero-order valence-corrected chi connectivity index (χ0v) is 23.4. The number of nitrogens with one attached hydrogen (secondary N) is 1. The van der Waals surface area contributed by atoms with Crippen LogP contribution in [0.4, 0.5) is 5.69 Å². The van der Waals surface area contributed by atoms with Crippen LogP contribution in [-0.4, -0.2) is 68.4 Å². The fourth-order valence-electron chi connectivity index (χ4n) is 5.89. The van der Waals surface area contributed by atoms with Gasteiger partial charge in [0.15, 0.2) is 0 Å². The largest absolute Gasteiger partial charge is 0.366 e. The zero-order chi connectivity index (χ0) is 27.7. The summed E-state index contributed by atoms with van der Waals surface area (Å²) in [4.78, 5) is 27.4. The molecule has 0 bridgehead atoms. The van der Waals surface area contributed by atoms with Crippen molar-refractivity contribution in [2.45, 2.75) is 39.0 Å². The molecule has 0 unspecified atom stereocenters. The van der Waals surface area contributed by atoms with E-state index in [1.165, 1.54) is 23.4 Å². The van der Waals surface area contributed by atoms with Gasteiger partial charge in [-0.15, -0.1) is 0 Å². The molecule has 1 saturated heterocycles. The van der Waals surface area contributed by atoms with Crippen LogP contribution in [0.1, 0.15) is 52.7 Å². The molecule has 0 aromatic heterocycles. The molecule has 2 aromatic rings. The lowest BCUT2D eigenvalue weighted by Crippen LogP contribution is -2.34. The number of anilines is 1. The van der Waals surface area contributed by atoms with E-state index in [-0.39, 0.29) is 5.91 Å². The summed E-state index contributed by atoms with van der Waals surface area (Å²) in [6.45, 7) is 5.69. The van der Waals surface area contributed by atoms with Gasteiger partial charge in [0.1, 0.15) is 0 Å². The third kappa shape index (κ3) is 5.85. The first kappa shape index (κ1) is 27.3. The van der Waals surface area contributed by atoms with E-state index in [1.807, 2.05) is 37.3 Å². The molecule has 0 saturated carbocycles. The van der Waals surface area contributed by atoms with Crippen LogP contribution in [0, 0.1) is 6.92 Å². The third-order valence-electron chi connectivity index (χ3n) is 8.11. The Morgan fingerprint density at radius 3 is 2.46 bits per heavy atom. The molecule has 3 N–H and O–H groups in total. The van der Waals surface area contributed by atoms with Crippen LogP contribution in [0.25, 0.3) is 17.2 Å². The van der Waals surface area contributed by atoms with Crippen LogP contribution in [0.15, 0.2) is 47.6 Å². The van der Waals surface area contributed by atoms with Gasteiger partial charge in [0.25, 0.3) is 0 Å². The summed E-state index contributed by atoms with van der Waals surface area (Å²) in [6, 6.07) is 9.61. The minimum Gasteiger partial charge on any atom is -0.366 e. The maximum absolute atomic E-state index is 12.7. The Bertz CT molecular complexity index is 1490. The normalized spacial score (nSPS) is 18.0. The van der Waals surface area contributed by atoms with Crippen LogP contribution in [0.3, 0.4) is 0 Å². The highest BCUT2D eigenvalue weighted by atomic mass is 32.2. The number of nitrogens with zero attached hydrogens (tertiary/aromatic N) is 2. The molecular formula is C30H36N4O4S. The predicted molar refractivity (Wildman–Crippen MR) is 155 cm³/mol. The quantitative estimate of drug-likeness (QED) is 0.522. The molecule has 1 aliphatic carbocycles. The third-order valence-corrected chi connectivity index (χ3v) is 9.38. The standard InChI is InChI=1S/C30H36N4O4S/c1-20-23(6-5-7-28(20)32-29(35)12-15-33-13-3-4-14-33)24-8-9-25(30(31)36)27-19-22(18-26(24)27)21-10-16-34(17-11-21)39(2,37)38/h5-10,18H,3-4,11-17,19H2,1-2H3,(H2,31,36)(H,32,35). The monoisotopic (exact) mass is 548 g/mol. The minimum absolute atomic E-state index is 0.00557. The van der Waals surface area contributed by atoms with E-state index in [9.17, 15) is 18.0 Å². The second-order valence-corrected chi connectivity index (χ2v) is 12.7. The van der Waals surface area contributed by atoms with E-state index >= 15 is 0 Å². The van der Waals surface area contributed by atoms with Crippen LogP contribution >= 0.6 is 0 Å². The van der Waals surface area contributed by atoms with Crippen molar-refractivity contribution >= 4 is 33.6 Å². The number of rotatable bonds is 8. The number of carbonyl (C=O) groups excluding carboxylic acids is 2. The van der Waals surface area contributed by atoms with Gasteiger partial charge in [-0.1, -0.05) is 30.4 Å². The number of benzene rings is 2. The molecule has 2 aliphatic heterocycles. The summed E-state index contributed by atoms with van der Waals surface area (Å²) >= 11 is 0. The summed E-state index contributed by atoms with van der Waals surface area (Å²) in [5.41, 5.74) is 14.0. The summed E-state index contributed by atoms with van der Waals surface area (Å²) < 4.78 is 25.3. The van der Waals surface area contributed by atoms with Crippen molar-refractivity contribution in [2.75, 3.05) is 44.3 Å². The molecule has 9 heteroatoms. The van der Waals surface area contributed by atoms with Gasteiger partial charge in [-0.2, -0.15) is 4.31 Å². The Morgan fingerprint density at radius 1 is 1.03 bits per heavy atom. The topological polar surface area (TPSA) is 113 Å². The first-order valence-electron chi connectivity index (χ1n) is 13.5. The highest BCUT2D eigenvalue weighted by Gasteiger charge is 2.27. The minimum atomic E-state index is -3.24. The van der Waals surface area contributed by atoms with Gasteiger partial charge in [-0.3, -0.25) is 9.59 Å². The van der Waals surface area contributed by atoms with Gasteiger partial charge in [-0.05, 0) is 96.8 Å². The molecular weight excluding hydrogens is 512 g/mol. The Hall–Kier alpha value is -3.27. The summed E-state index contributed by atoms with van der Waals surface area (Å²) in [7, 11) is -3.24. The number of amides is 2. The van der Waals surface area contributed by atoms with E-state index in [0.29, 0.717) is 37.9 Å². The van der Waals surface area contributed by atoms with Crippen LogP contribution < -0.4 is 11.1 Å². The highest BCUT2D eigenvalue weighted by molar-refractivity contribution is 7.88. The van der Waals surface area contributed by atoms with E-state index in [2.05, 4.69) is 16.3 Å². The number of allylic oxidation sites excluding steroid dienone is 1. The number of primary amides is 1. The van der Waals surface area contributed by atoms with Gasteiger partial charge in [0.2, 0.25) is 21.8 Å². The molecule has 5 rings (SSSR count). The van der Waals surface area contributed by atoms with Gasteiger partial charge in [0.05, 0.1) is 6.26 Å². The SMILES string of the molecule is Cc1c(NC(=O)CCN2CCCC2)cccc1-c1ccc(C(N)=O)c2c1C=C(C1=CCN(S(C)(=O)=O)CC1)C2. The molecule has 39 heavy (non-hydrogen) atoms. The molecule has 2 aromatic carbocycles. The van der Waals surface area contributed by atoms with Crippen molar-refractivity contribution in [3.63, 3.8) is 0 Å². The van der Waals surface area contributed by atoms with Gasteiger partial charge in [0, 0.05) is 37.3 Å². The number of likely N-dealkylation sites (tertiary alicyclic amines) is 1. The molecule has 0 atom stereocenters. The number of sulfonamides is 1. The molecule has 1 fully saturated rings. The van der Waals surface area contributed by atoms with Crippen LogP contribution in [0.2, 0.25) is 0 Å². The highest BCUT2D eigenvalue weighted by Crippen LogP contribution is 2.41. The van der Waals surface area contributed by atoms with Crippen molar-refractivity contribution in [1.29, 1.82) is 0 Å². The number of carbonyl (C=O) groups is 2. The summed E-state index contributed by atoms with van der Waals surface area (Å²) in [5, 5.41) is 3.10. The second kappa shape index (κ2) is 11.1. The van der Waals surface area contributed by atoms with Crippen molar-refractivity contribution in [3.8, 4) is 11.1 Å². The van der Waals surface area contributed by atoms with Gasteiger partial charge < -0.3 is 16.0 Å². The number of nitrogens with two attached hydrogens (primary N) is 1. The second-order valence-electron chi connectivity index (χ2n) is 10.7. The van der Waals surface area contributed by atoms with E-state index < -0.39 is 15.9 Å². The molecule has 206 valence electrons. The number of hydrogen-bond donors (Lipinski definition) is 2. The first-order valence-corrected chi connectivity index (χ1v) is 15.4. The van der Waals surface area contributed by atoms with Crippen molar-refractivity contribution in [2.24, 2.45) is 5.73 Å². The van der Waals surface area contributed by atoms with E-state index in [1.54, 1.807) is 6.07 Å². The molecule has 0 spiro atoms.